The molecular weight excluding hydrogens is 423 g/mol. The van der Waals surface area contributed by atoms with E-state index in [-0.39, 0.29) is 17.4 Å². The number of ether oxygens (including phenoxy) is 2. The van der Waals surface area contributed by atoms with Crippen molar-refractivity contribution >= 4 is 0 Å². The SMILES string of the molecule is COc1cccc(F)c1-c1nccc(-c2cnn(-c3cccc(OC[C@H](N)C4CC4)n3)c2)n1. The zero-order valence-electron chi connectivity index (χ0n) is 18.1. The molecule has 1 aliphatic rings. The van der Waals surface area contributed by atoms with Crippen molar-refractivity contribution in [3.05, 3.63) is 66.9 Å². The van der Waals surface area contributed by atoms with Gasteiger partial charge in [-0.25, -0.2) is 19.0 Å². The van der Waals surface area contributed by atoms with Crippen LogP contribution in [0.2, 0.25) is 0 Å². The van der Waals surface area contributed by atoms with Crippen molar-refractivity contribution < 1.29 is 13.9 Å². The van der Waals surface area contributed by atoms with Gasteiger partial charge in [-0.1, -0.05) is 12.1 Å². The molecule has 168 valence electrons. The second kappa shape index (κ2) is 8.95. The molecule has 2 N–H and O–H groups in total. The summed E-state index contributed by atoms with van der Waals surface area (Å²) in [6.45, 7) is 0.439. The minimum Gasteiger partial charge on any atom is -0.496 e. The molecule has 3 aromatic heterocycles. The molecule has 0 radical (unpaired) electrons. The number of pyridine rings is 1. The van der Waals surface area contributed by atoms with Gasteiger partial charge in [0.25, 0.3) is 0 Å². The van der Waals surface area contributed by atoms with Crippen molar-refractivity contribution in [3.63, 3.8) is 0 Å². The maximum absolute atomic E-state index is 14.5. The van der Waals surface area contributed by atoms with E-state index in [1.807, 2.05) is 12.1 Å². The lowest BCUT2D eigenvalue weighted by Gasteiger charge is -2.12. The lowest BCUT2D eigenvalue weighted by Crippen LogP contribution is -2.30. The van der Waals surface area contributed by atoms with E-state index in [2.05, 4.69) is 20.1 Å². The number of nitrogens with two attached hydrogens (primary N) is 1. The fourth-order valence-electron chi connectivity index (χ4n) is 3.57. The normalized spacial score (nSPS) is 14.2. The summed E-state index contributed by atoms with van der Waals surface area (Å²) < 4.78 is 27.2. The Labute approximate surface area is 190 Å². The van der Waals surface area contributed by atoms with Crippen molar-refractivity contribution in [2.24, 2.45) is 11.7 Å². The van der Waals surface area contributed by atoms with Gasteiger partial charge < -0.3 is 15.2 Å². The summed E-state index contributed by atoms with van der Waals surface area (Å²) in [5.74, 6) is 1.80. The molecule has 0 amide bonds. The number of halogens is 1. The maximum Gasteiger partial charge on any atom is 0.215 e. The number of hydrogen-bond acceptors (Lipinski definition) is 7. The topological polar surface area (TPSA) is 101 Å². The number of nitrogens with zero attached hydrogens (tertiary/aromatic N) is 5. The summed E-state index contributed by atoms with van der Waals surface area (Å²) in [6, 6.07) is 11.9. The van der Waals surface area contributed by atoms with Crippen LogP contribution in [0.5, 0.6) is 11.6 Å². The molecule has 0 saturated heterocycles. The molecule has 33 heavy (non-hydrogen) atoms. The lowest BCUT2D eigenvalue weighted by atomic mass is 10.1. The van der Waals surface area contributed by atoms with Crippen LogP contribution >= 0.6 is 0 Å². The second-order valence-corrected chi connectivity index (χ2v) is 7.90. The van der Waals surface area contributed by atoms with E-state index < -0.39 is 5.82 Å². The molecule has 3 heterocycles. The summed E-state index contributed by atoms with van der Waals surface area (Å²) in [5, 5.41) is 4.41. The highest BCUT2D eigenvalue weighted by Gasteiger charge is 2.28. The average Bonchev–Trinajstić information content (AvgIpc) is 3.59. The highest BCUT2D eigenvalue weighted by atomic mass is 19.1. The quantitative estimate of drug-likeness (QED) is 0.441. The van der Waals surface area contributed by atoms with Crippen LogP contribution in [0.15, 0.2) is 61.1 Å². The van der Waals surface area contributed by atoms with Crippen molar-refractivity contribution in [2.75, 3.05) is 13.7 Å². The molecule has 1 aliphatic carbocycles. The number of hydrogen-bond donors (Lipinski definition) is 1. The molecule has 0 unspecified atom stereocenters. The largest absolute Gasteiger partial charge is 0.496 e. The van der Waals surface area contributed by atoms with Gasteiger partial charge in [-0.05, 0) is 43.0 Å². The molecule has 8 nitrogen and oxygen atoms in total. The predicted octanol–water partition coefficient (Wildman–Crippen LogP) is 3.66. The van der Waals surface area contributed by atoms with Crippen LogP contribution < -0.4 is 15.2 Å². The summed E-state index contributed by atoms with van der Waals surface area (Å²) in [6.07, 6.45) is 7.39. The van der Waals surface area contributed by atoms with Crippen LogP contribution in [0, 0.1) is 11.7 Å². The van der Waals surface area contributed by atoms with Crippen LogP contribution in [0.4, 0.5) is 4.39 Å². The minimum absolute atomic E-state index is 0.0341. The van der Waals surface area contributed by atoms with Crippen LogP contribution in [0.25, 0.3) is 28.5 Å². The van der Waals surface area contributed by atoms with Gasteiger partial charge in [0.2, 0.25) is 5.88 Å². The molecule has 0 bridgehead atoms. The number of benzene rings is 1. The number of methoxy groups -OCH3 is 1. The van der Waals surface area contributed by atoms with E-state index in [1.54, 1.807) is 47.5 Å². The Bertz CT molecular complexity index is 1270. The Morgan fingerprint density at radius 2 is 2.00 bits per heavy atom. The summed E-state index contributed by atoms with van der Waals surface area (Å²) in [4.78, 5) is 13.3. The molecule has 5 rings (SSSR count). The van der Waals surface area contributed by atoms with E-state index in [0.29, 0.717) is 35.7 Å². The van der Waals surface area contributed by atoms with Crippen LogP contribution in [-0.2, 0) is 0 Å². The Balaban J connectivity index is 1.38. The standard InChI is InChI=1S/C24H23FN6O2/c1-32-20-5-2-4-17(25)23(20)24-27-11-10-19(29-24)16-12-28-31(13-16)21-6-3-7-22(30-21)33-14-18(26)15-8-9-15/h2-7,10-13,15,18H,8-9,14,26H2,1H3/t18-/m0/s1. The highest BCUT2D eigenvalue weighted by Crippen LogP contribution is 2.32. The zero-order valence-corrected chi connectivity index (χ0v) is 18.1. The van der Waals surface area contributed by atoms with Crippen molar-refractivity contribution in [1.82, 2.24) is 24.7 Å². The maximum atomic E-state index is 14.5. The van der Waals surface area contributed by atoms with Gasteiger partial charge in [-0.2, -0.15) is 10.1 Å². The summed E-state index contributed by atoms with van der Waals surface area (Å²) in [5.41, 5.74) is 7.66. The minimum atomic E-state index is -0.454. The van der Waals surface area contributed by atoms with Crippen LogP contribution in [0.1, 0.15) is 12.8 Å². The Hall–Kier alpha value is -3.85. The lowest BCUT2D eigenvalue weighted by molar-refractivity contribution is 0.266. The van der Waals surface area contributed by atoms with Gasteiger partial charge >= 0.3 is 0 Å². The Morgan fingerprint density at radius 1 is 1.15 bits per heavy atom. The number of rotatable bonds is 8. The third-order valence-electron chi connectivity index (χ3n) is 5.55. The molecule has 9 heteroatoms. The van der Waals surface area contributed by atoms with Crippen molar-refractivity contribution in [2.45, 2.75) is 18.9 Å². The average molecular weight is 446 g/mol. The first-order chi connectivity index (χ1) is 16.1. The van der Waals surface area contributed by atoms with Crippen LogP contribution in [0.3, 0.4) is 0 Å². The number of aromatic nitrogens is 5. The van der Waals surface area contributed by atoms with Gasteiger partial charge in [0.1, 0.15) is 18.2 Å². The van der Waals surface area contributed by atoms with E-state index in [9.17, 15) is 4.39 Å². The zero-order chi connectivity index (χ0) is 22.8. The summed E-state index contributed by atoms with van der Waals surface area (Å²) >= 11 is 0. The molecular formula is C24H23FN6O2. The molecule has 1 saturated carbocycles. The third kappa shape index (κ3) is 4.54. The van der Waals surface area contributed by atoms with Crippen molar-refractivity contribution in [1.29, 1.82) is 0 Å². The fourth-order valence-corrected chi connectivity index (χ4v) is 3.57. The Kier molecular flexibility index (Phi) is 5.70. The first kappa shape index (κ1) is 21.0. The first-order valence-electron chi connectivity index (χ1n) is 10.7. The third-order valence-corrected chi connectivity index (χ3v) is 5.55. The van der Waals surface area contributed by atoms with Gasteiger partial charge in [0.15, 0.2) is 11.6 Å². The van der Waals surface area contributed by atoms with E-state index in [0.717, 1.165) is 5.56 Å². The molecule has 1 atom stereocenters. The van der Waals surface area contributed by atoms with Gasteiger partial charge in [0.05, 0.1) is 24.6 Å². The monoisotopic (exact) mass is 446 g/mol. The van der Waals surface area contributed by atoms with Gasteiger partial charge in [-0.15, -0.1) is 0 Å². The molecule has 4 aromatic rings. The Morgan fingerprint density at radius 3 is 2.82 bits per heavy atom. The molecule has 0 aliphatic heterocycles. The summed E-state index contributed by atoms with van der Waals surface area (Å²) in [7, 11) is 1.48. The van der Waals surface area contributed by atoms with Gasteiger partial charge in [0, 0.05) is 30.1 Å². The second-order valence-electron chi connectivity index (χ2n) is 7.90. The fraction of sp³-hybridized carbons (Fsp3) is 0.250. The van der Waals surface area contributed by atoms with Gasteiger partial charge in [-0.3, -0.25) is 0 Å². The van der Waals surface area contributed by atoms with Crippen molar-refractivity contribution in [3.8, 4) is 40.1 Å². The highest BCUT2D eigenvalue weighted by molar-refractivity contribution is 5.68. The predicted molar refractivity (Wildman–Crippen MR) is 121 cm³/mol. The molecule has 0 spiro atoms. The van der Waals surface area contributed by atoms with Crippen LogP contribution in [-0.4, -0.2) is 44.5 Å². The molecule has 1 aromatic carbocycles. The smallest absolute Gasteiger partial charge is 0.215 e. The van der Waals surface area contributed by atoms with E-state index >= 15 is 0 Å². The first-order valence-corrected chi connectivity index (χ1v) is 10.7. The molecule has 1 fully saturated rings. The van der Waals surface area contributed by atoms with E-state index in [4.69, 9.17) is 15.2 Å². The van der Waals surface area contributed by atoms with E-state index in [1.165, 1.54) is 26.0 Å².